The van der Waals surface area contributed by atoms with Gasteiger partial charge in [0.2, 0.25) is 0 Å². The van der Waals surface area contributed by atoms with Gasteiger partial charge in [-0.05, 0) is 19.4 Å². The first-order valence-corrected chi connectivity index (χ1v) is 4.69. The molecular formula is C13H14O. The molecule has 0 aliphatic rings. The number of Topliss-reactive ketones (excluding diaryl/α,β-unsaturated/α-hetero) is 1. The van der Waals surface area contributed by atoms with Crippen molar-refractivity contribution < 1.29 is 4.79 Å². The van der Waals surface area contributed by atoms with Crippen molar-refractivity contribution in [2.75, 3.05) is 0 Å². The van der Waals surface area contributed by atoms with E-state index in [4.69, 9.17) is 0 Å². The fourth-order valence-corrected chi connectivity index (χ4v) is 1.30. The monoisotopic (exact) mass is 186 g/mol. The van der Waals surface area contributed by atoms with Gasteiger partial charge in [-0.1, -0.05) is 35.7 Å². The first kappa shape index (κ1) is 10.5. The van der Waals surface area contributed by atoms with Crippen LogP contribution in [0, 0.1) is 18.8 Å². The van der Waals surface area contributed by atoms with Crippen LogP contribution in [0.15, 0.2) is 24.3 Å². The molecule has 0 aliphatic heterocycles. The summed E-state index contributed by atoms with van der Waals surface area (Å²) >= 11 is 0. The second kappa shape index (κ2) is 5.24. The molecule has 0 radical (unpaired) electrons. The number of ketones is 1. The minimum absolute atomic E-state index is 0.185. The van der Waals surface area contributed by atoms with Gasteiger partial charge < -0.3 is 0 Å². The van der Waals surface area contributed by atoms with Gasteiger partial charge in [0.25, 0.3) is 0 Å². The van der Waals surface area contributed by atoms with Gasteiger partial charge in [-0.15, -0.1) is 5.92 Å². The van der Waals surface area contributed by atoms with Gasteiger partial charge in [-0.2, -0.15) is 0 Å². The molecule has 14 heavy (non-hydrogen) atoms. The average Bonchev–Trinajstić information content (AvgIpc) is 2.15. The minimum Gasteiger partial charge on any atom is -0.298 e. The Morgan fingerprint density at radius 3 is 2.86 bits per heavy atom. The molecule has 0 saturated carbocycles. The van der Waals surface area contributed by atoms with Crippen LogP contribution in [0.4, 0.5) is 0 Å². The van der Waals surface area contributed by atoms with Crippen LogP contribution >= 0.6 is 0 Å². The van der Waals surface area contributed by atoms with Crippen molar-refractivity contribution >= 4 is 5.78 Å². The molecule has 0 heterocycles. The number of hydrogen-bond acceptors (Lipinski definition) is 1. The maximum atomic E-state index is 11.4. The zero-order valence-corrected chi connectivity index (χ0v) is 8.63. The molecule has 0 saturated heterocycles. The number of carbonyl (C=O) groups excluding carboxylic acids is 1. The molecule has 1 rings (SSSR count). The van der Waals surface area contributed by atoms with Crippen molar-refractivity contribution in [3.8, 4) is 11.8 Å². The Labute approximate surface area is 85.1 Å². The minimum atomic E-state index is 0.185. The standard InChI is InChI=1S/C13H14O/c1-3-4-8-13(14)10-12-7-5-6-11(2)9-12/h5-7,9H,8,10H2,1-2H3. The zero-order chi connectivity index (χ0) is 10.4. The summed E-state index contributed by atoms with van der Waals surface area (Å²) in [5.41, 5.74) is 2.27. The van der Waals surface area contributed by atoms with Crippen LogP contribution in [0.2, 0.25) is 0 Å². The fourth-order valence-electron chi connectivity index (χ4n) is 1.30. The van der Waals surface area contributed by atoms with Crippen molar-refractivity contribution in [2.45, 2.75) is 26.7 Å². The van der Waals surface area contributed by atoms with Crippen molar-refractivity contribution in [2.24, 2.45) is 0 Å². The smallest absolute Gasteiger partial charge is 0.149 e. The largest absolute Gasteiger partial charge is 0.298 e. The van der Waals surface area contributed by atoms with Gasteiger partial charge in [0, 0.05) is 6.42 Å². The Morgan fingerprint density at radius 2 is 2.21 bits per heavy atom. The molecule has 72 valence electrons. The van der Waals surface area contributed by atoms with E-state index in [1.54, 1.807) is 6.92 Å². The first-order valence-electron chi connectivity index (χ1n) is 4.69. The number of aryl methyl sites for hydroxylation is 1. The number of rotatable bonds is 3. The highest BCUT2D eigenvalue weighted by molar-refractivity contribution is 5.83. The highest BCUT2D eigenvalue weighted by Crippen LogP contribution is 2.05. The Kier molecular flexibility index (Phi) is 3.94. The second-order valence-electron chi connectivity index (χ2n) is 3.31. The van der Waals surface area contributed by atoms with Crippen LogP contribution in [0.5, 0.6) is 0 Å². The summed E-state index contributed by atoms with van der Waals surface area (Å²) in [6.07, 6.45) is 0.862. The lowest BCUT2D eigenvalue weighted by Crippen LogP contribution is -2.01. The Balaban J connectivity index is 2.59. The zero-order valence-electron chi connectivity index (χ0n) is 8.63. The lowest BCUT2D eigenvalue weighted by Gasteiger charge is -1.99. The summed E-state index contributed by atoms with van der Waals surface area (Å²) in [5.74, 6) is 5.69. The lowest BCUT2D eigenvalue weighted by atomic mass is 10.1. The SMILES string of the molecule is CC#CCC(=O)Cc1cccc(C)c1. The van der Waals surface area contributed by atoms with Gasteiger partial charge in [0.15, 0.2) is 0 Å². The Hall–Kier alpha value is -1.55. The molecule has 0 aliphatic carbocycles. The number of benzene rings is 1. The van der Waals surface area contributed by atoms with E-state index >= 15 is 0 Å². The highest BCUT2D eigenvalue weighted by Gasteiger charge is 2.01. The summed E-state index contributed by atoms with van der Waals surface area (Å²) in [5, 5.41) is 0. The van der Waals surface area contributed by atoms with E-state index in [1.807, 2.05) is 31.2 Å². The summed E-state index contributed by atoms with van der Waals surface area (Å²) in [6, 6.07) is 8.02. The maximum absolute atomic E-state index is 11.4. The Morgan fingerprint density at radius 1 is 1.43 bits per heavy atom. The van der Waals surface area contributed by atoms with Crippen molar-refractivity contribution in [3.05, 3.63) is 35.4 Å². The molecule has 1 aromatic carbocycles. The van der Waals surface area contributed by atoms with Gasteiger partial charge in [0.05, 0.1) is 6.42 Å². The predicted octanol–water partition coefficient (Wildman–Crippen LogP) is 2.52. The van der Waals surface area contributed by atoms with Gasteiger partial charge >= 0.3 is 0 Å². The van der Waals surface area contributed by atoms with E-state index in [2.05, 4.69) is 11.8 Å². The molecule has 1 heteroatoms. The molecule has 1 nitrogen and oxygen atoms in total. The molecule has 0 spiro atoms. The van der Waals surface area contributed by atoms with Crippen molar-refractivity contribution in [3.63, 3.8) is 0 Å². The van der Waals surface area contributed by atoms with E-state index in [0.717, 1.165) is 5.56 Å². The van der Waals surface area contributed by atoms with E-state index in [0.29, 0.717) is 12.8 Å². The summed E-state index contributed by atoms with van der Waals surface area (Å²) in [7, 11) is 0. The predicted molar refractivity (Wildman–Crippen MR) is 58.0 cm³/mol. The van der Waals surface area contributed by atoms with Crippen LogP contribution in [0.3, 0.4) is 0 Å². The van der Waals surface area contributed by atoms with Gasteiger partial charge in [-0.3, -0.25) is 4.79 Å². The molecule has 0 N–H and O–H groups in total. The normalized spacial score (nSPS) is 9.00. The third-order valence-corrected chi connectivity index (χ3v) is 1.95. The van der Waals surface area contributed by atoms with Crippen LogP contribution in [-0.2, 0) is 11.2 Å². The highest BCUT2D eigenvalue weighted by atomic mass is 16.1. The molecule has 0 unspecified atom stereocenters. The molecule has 1 aromatic rings. The van der Waals surface area contributed by atoms with E-state index in [9.17, 15) is 4.79 Å². The van der Waals surface area contributed by atoms with E-state index in [-0.39, 0.29) is 5.78 Å². The third kappa shape index (κ3) is 3.45. The number of hydrogen-bond donors (Lipinski definition) is 0. The van der Waals surface area contributed by atoms with E-state index in [1.165, 1.54) is 5.56 Å². The summed E-state index contributed by atoms with van der Waals surface area (Å²) < 4.78 is 0. The van der Waals surface area contributed by atoms with Crippen LogP contribution in [0.1, 0.15) is 24.5 Å². The third-order valence-electron chi connectivity index (χ3n) is 1.95. The first-order chi connectivity index (χ1) is 6.72. The molecule has 0 aromatic heterocycles. The molecule has 0 bridgehead atoms. The topological polar surface area (TPSA) is 17.1 Å². The van der Waals surface area contributed by atoms with Crippen molar-refractivity contribution in [1.29, 1.82) is 0 Å². The summed E-state index contributed by atoms with van der Waals surface area (Å²) in [6.45, 7) is 3.78. The molecule has 0 fully saturated rings. The summed E-state index contributed by atoms with van der Waals surface area (Å²) in [4.78, 5) is 11.4. The van der Waals surface area contributed by atoms with Crippen LogP contribution in [-0.4, -0.2) is 5.78 Å². The lowest BCUT2D eigenvalue weighted by molar-refractivity contribution is -0.117. The van der Waals surface area contributed by atoms with Gasteiger partial charge in [-0.25, -0.2) is 0 Å². The molecule has 0 atom stereocenters. The maximum Gasteiger partial charge on any atom is 0.149 e. The fraction of sp³-hybridized carbons (Fsp3) is 0.308. The van der Waals surface area contributed by atoms with E-state index < -0.39 is 0 Å². The van der Waals surface area contributed by atoms with Gasteiger partial charge in [0.1, 0.15) is 5.78 Å². The average molecular weight is 186 g/mol. The molecule has 0 amide bonds. The molecular weight excluding hydrogens is 172 g/mol. The second-order valence-corrected chi connectivity index (χ2v) is 3.31. The van der Waals surface area contributed by atoms with Crippen LogP contribution < -0.4 is 0 Å². The quantitative estimate of drug-likeness (QED) is 0.663. The number of carbonyl (C=O) groups is 1. The van der Waals surface area contributed by atoms with Crippen molar-refractivity contribution in [1.82, 2.24) is 0 Å². The Bertz CT molecular complexity index is 380. The van der Waals surface area contributed by atoms with Crippen LogP contribution in [0.25, 0.3) is 0 Å².